The number of nitrogens with zero attached hydrogens (tertiary/aromatic N) is 2. The lowest BCUT2D eigenvalue weighted by atomic mass is 10.3. The van der Waals surface area contributed by atoms with Crippen molar-refractivity contribution in [2.24, 2.45) is 0 Å². The van der Waals surface area contributed by atoms with Crippen LogP contribution in [0.5, 0.6) is 0 Å². The maximum Gasteiger partial charge on any atom is 0.290 e. The molecule has 2 N–H and O–H groups in total. The van der Waals surface area contributed by atoms with Crippen molar-refractivity contribution in [2.75, 3.05) is 24.9 Å². The molecule has 0 aliphatic heterocycles. The second kappa shape index (κ2) is 6.25. The molecule has 0 saturated heterocycles. The molecule has 7 nitrogen and oxygen atoms in total. The van der Waals surface area contributed by atoms with Gasteiger partial charge in [0.05, 0.1) is 24.6 Å². The predicted octanol–water partition coefficient (Wildman–Crippen LogP) is -0.167. The summed E-state index contributed by atoms with van der Waals surface area (Å²) in [6.07, 6.45) is 1.95. The lowest BCUT2D eigenvalue weighted by molar-refractivity contribution is 0.174. The van der Waals surface area contributed by atoms with E-state index in [2.05, 4.69) is 0 Å². The van der Waals surface area contributed by atoms with E-state index in [-0.39, 0.29) is 30.2 Å². The molecule has 1 aromatic rings. The van der Waals surface area contributed by atoms with Crippen LogP contribution in [0, 0.1) is 0 Å². The number of hydrogen-bond acceptors (Lipinski definition) is 5. The van der Waals surface area contributed by atoms with Gasteiger partial charge in [0.15, 0.2) is 0 Å². The summed E-state index contributed by atoms with van der Waals surface area (Å²) in [6.45, 7) is 2.89. The quantitative estimate of drug-likeness (QED) is 0.752. The Hall–Kier alpha value is -1.28. The van der Waals surface area contributed by atoms with Gasteiger partial charge in [-0.2, -0.15) is 0 Å². The van der Waals surface area contributed by atoms with Gasteiger partial charge in [-0.05, 0) is 6.42 Å². The molecule has 0 saturated carbocycles. The third-order valence-corrected chi connectivity index (χ3v) is 3.69. The third kappa shape index (κ3) is 3.84. The van der Waals surface area contributed by atoms with Crippen LogP contribution in [-0.4, -0.2) is 36.9 Å². The van der Waals surface area contributed by atoms with Gasteiger partial charge < -0.3 is 10.5 Å². The number of rotatable bonds is 7. The van der Waals surface area contributed by atoms with Gasteiger partial charge in [0.1, 0.15) is 15.5 Å². The zero-order chi connectivity index (χ0) is 14.6. The van der Waals surface area contributed by atoms with Crippen LogP contribution in [0.25, 0.3) is 0 Å². The lowest BCUT2D eigenvalue weighted by Gasteiger charge is -2.13. The largest absolute Gasteiger partial charge is 0.393 e. The van der Waals surface area contributed by atoms with E-state index in [0.29, 0.717) is 12.2 Å². The van der Waals surface area contributed by atoms with E-state index < -0.39 is 9.84 Å². The van der Waals surface area contributed by atoms with Crippen molar-refractivity contribution in [1.82, 2.24) is 9.36 Å². The zero-order valence-corrected chi connectivity index (χ0v) is 12.4. The highest BCUT2D eigenvalue weighted by Gasteiger charge is 2.17. The molecule has 0 aliphatic carbocycles. The van der Waals surface area contributed by atoms with E-state index in [4.69, 9.17) is 10.5 Å². The van der Waals surface area contributed by atoms with Gasteiger partial charge in [-0.3, -0.25) is 9.48 Å². The zero-order valence-electron chi connectivity index (χ0n) is 11.5. The first-order valence-corrected chi connectivity index (χ1v) is 8.12. The Morgan fingerprint density at radius 2 is 1.89 bits per heavy atom. The summed E-state index contributed by atoms with van der Waals surface area (Å²) in [5, 5.41) is 0. The topological polar surface area (TPSA) is 96.3 Å². The Bertz CT molecular complexity index is 586. The molecule has 1 rings (SSSR count). The number of nitrogens with two attached hydrogens (primary N) is 1. The Kier molecular flexibility index (Phi) is 5.19. The summed E-state index contributed by atoms with van der Waals surface area (Å²) >= 11 is 0. The van der Waals surface area contributed by atoms with Gasteiger partial charge in [0.2, 0.25) is 0 Å². The average molecular weight is 291 g/mol. The summed E-state index contributed by atoms with van der Waals surface area (Å²) in [6, 6.07) is 0. The Balaban J connectivity index is 3.21. The van der Waals surface area contributed by atoms with Crippen LogP contribution in [0.4, 0.5) is 5.69 Å². The molecular formula is C11H21N3O4S. The first-order valence-electron chi connectivity index (χ1n) is 6.06. The second-order valence-corrected chi connectivity index (χ2v) is 6.73. The van der Waals surface area contributed by atoms with E-state index in [1.165, 1.54) is 11.8 Å². The predicted molar refractivity (Wildman–Crippen MR) is 73.8 cm³/mol. The van der Waals surface area contributed by atoms with Gasteiger partial charge in [0.25, 0.3) is 5.56 Å². The molecule has 110 valence electrons. The Morgan fingerprint density at radius 1 is 1.26 bits per heavy atom. The Morgan fingerprint density at radius 3 is 2.37 bits per heavy atom. The molecular weight excluding hydrogens is 270 g/mol. The van der Waals surface area contributed by atoms with Gasteiger partial charge in [-0.25, -0.2) is 13.1 Å². The monoisotopic (exact) mass is 291 g/mol. The highest BCUT2D eigenvalue weighted by Crippen LogP contribution is 2.11. The SMILES string of the molecule is CCCn1c(COC)c(N)c(=O)n1CCS(C)(=O)=O. The first kappa shape index (κ1) is 15.8. The van der Waals surface area contributed by atoms with Crippen LogP contribution in [-0.2, 0) is 34.3 Å². The lowest BCUT2D eigenvalue weighted by Crippen LogP contribution is -2.27. The number of methoxy groups -OCH3 is 1. The van der Waals surface area contributed by atoms with E-state index >= 15 is 0 Å². The highest BCUT2D eigenvalue weighted by molar-refractivity contribution is 7.90. The Labute approximate surface area is 112 Å². The van der Waals surface area contributed by atoms with Crippen molar-refractivity contribution in [1.29, 1.82) is 0 Å². The molecule has 1 aromatic heterocycles. The molecule has 1 heterocycles. The van der Waals surface area contributed by atoms with Crippen molar-refractivity contribution < 1.29 is 13.2 Å². The average Bonchev–Trinajstić information content (AvgIpc) is 2.52. The van der Waals surface area contributed by atoms with Crippen LogP contribution in [0.3, 0.4) is 0 Å². The van der Waals surface area contributed by atoms with Crippen LogP contribution in [0.2, 0.25) is 0 Å². The smallest absolute Gasteiger partial charge is 0.290 e. The maximum absolute atomic E-state index is 12.0. The number of anilines is 1. The molecule has 0 atom stereocenters. The molecule has 0 bridgehead atoms. The minimum absolute atomic E-state index is 0.0908. The first-order chi connectivity index (χ1) is 8.81. The third-order valence-electron chi connectivity index (χ3n) is 2.77. The minimum atomic E-state index is -3.13. The van der Waals surface area contributed by atoms with Crippen molar-refractivity contribution in [3.05, 3.63) is 16.0 Å². The molecule has 0 aliphatic rings. The fraction of sp³-hybridized carbons (Fsp3) is 0.727. The number of hydrogen-bond donors (Lipinski definition) is 1. The van der Waals surface area contributed by atoms with Crippen molar-refractivity contribution in [3.8, 4) is 0 Å². The van der Waals surface area contributed by atoms with E-state index in [0.717, 1.165) is 12.7 Å². The molecule has 0 unspecified atom stereocenters. The standard InChI is InChI=1S/C11H21N3O4S/c1-4-5-13-9(8-18-2)10(12)11(15)14(13)6-7-19(3,16)17/h4-8,12H2,1-3H3. The molecule has 0 fully saturated rings. The van der Waals surface area contributed by atoms with E-state index in [1.807, 2.05) is 6.92 Å². The van der Waals surface area contributed by atoms with Crippen LogP contribution < -0.4 is 11.3 Å². The van der Waals surface area contributed by atoms with E-state index in [1.54, 1.807) is 4.68 Å². The van der Waals surface area contributed by atoms with Crippen LogP contribution in [0.15, 0.2) is 4.79 Å². The van der Waals surface area contributed by atoms with E-state index in [9.17, 15) is 13.2 Å². The minimum Gasteiger partial charge on any atom is -0.393 e. The summed E-state index contributed by atoms with van der Waals surface area (Å²) in [5.74, 6) is -0.0908. The highest BCUT2D eigenvalue weighted by atomic mass is 32.2. The van der Waals surface area contributed by atoms with Crippen molar-refractivity contribution >= 4 is 15.5 Å². The van der Waals surface area contributed by atoms with Gasteiger partial charge >= 0.3 is 0 Å². The summed E-state index contributed by atoms with van der Waals surface area (Å²) in [4.78, 5) is 12.0. The van der Waals surface area contributed by atoms with Crippen LogP contribution >= 0.6 is 0 Å². The molecule has 8 heteroatoms. The van der Waals surface area contributed by atoms with Gasteiger partial charge in [-0.15, -0.1) is 0 Å². The fourth-order valence-electron chi connectivity index (χ4n) is 1.89. The number of ether oxygens (including phenoxy) is 1. The molecule has 19 heavy (non-hydrogen) atoms. The van der Waals surface area contributed by atoms with Crippen LogP contribution in [0.1, 0.15) is 19.0 Å². The van der Waals surface area contributed by atoms with Gasteiger partial charge in [0, 0.05) is 19.9 Å². The molecule has 0 aromatic carbocycles. The van der Waals surface area contributed by atoms with Crippen molar-refractivity contribution in [3.63, 3.8) is 0 Å². The summed E-state index contributed by atoms with van der Waals surface area (Å²) in [7, 11) is -1.61. The normalized spacial score (nSPS) is 11.9. The maximum atomic E-state index is 12.0. The molecule has 0 spiro atoms. The van der Waals surface area contributed by atoms with Gasteiger partial charge in [-0.1, -0.05) is 6.92 Å². The number of nitrogen functional groups attached to an aromatic ring is 1. The molecule has 0 radical (unpaired) electrons. The summed E-state index contributed by atoms with van der Waals surface area (Å²) < 4.78 is 30.6. The second-order valence-electron chi connectivity index (χ2n) is 4.47. The molecule has 0 amide bonds. The van der Waals surface area contributed by atoms with Crippen molar-refractivity contribution in [2.45, 2.75) is 33.0 Å². The number of sulfone groups is 1. The summed E-state index contributed by atoms with van der Waals surface area (Å²) in [5.41, 5.74) is 6.15. The number of aromatic nitrogens is 2. The fourth-order valence-corrected chi connectivity index (χ4v) is 2.39.